The fraction of sp³-hybridized carbons (Fsp3) is 0.667. The van der Waals surface area contributed by atoms with Gasteiger partial charge in [0.1, 0.15) is 11.9 Å². The van der Waals surface area contributed by atoms with Crippen LogP contribution in [0.3, 0.4) is 0 Å². The molecule has 3 nitrogen and oxygen atoms in total. The van der Waals surface area contributed by atoms with Crippen molar-refractivity contribution >= 4 is 17.6 Å². The van der Waals surface area contributed by atoms with Crippen LogP contribution in [0.1, 0.15) is 19.8 Å². The molecule has 1 atom stereocenters. The largest absolute Gasteiger partial charge is 0.493 e. The Morgan fingerprint density at radius 2 is 2.62 bits per heavy atom. The average Bonchev–Trinajstić information content (AvgIpc) is 2.52. The third kappa shape index (κ3) is 3.27. The van der Waals surface area contributed by atoms with E-state index in [-0.39, 0.29) is 12.1 Å². The number of halogens is 1. The number of ether oxygens (including phenoxy) is 2. The van der Waals surface area contributed by atoms with E-state index in [0.717, 1.165) is 12.8 Å². The zero-order valence-electron chi connectivity index (χ0n) is 7.59. The van der Waals surface area contributed by atoms with Crippen molar-refractivity contribution in [3.05, 3.63) is 11.8 Å². The summed E-state index contributed by atoms with van der Waals surface area (Å²) in [5.41, 5.74) is 0. The van der Waals surface area contributed by atoms with Crippen LogP contribution in [0.25, 0.3) is 0 Å². The van der Waals surface area contributed by atoms with Crippen molar-refractivity contribution in [3.63, 3.8) is 0 Å². The Bertz CT molecular complexity index is 213. The van der Waals surface area contributed by atoms with Crippen LogP contribution in [0.15, 0.2) is 11.8 Å². The van der Waals surface area contributed by atoms with Crippen molar-refractivity contribution in [3.8, 4) is 0 Å². The Balaban J connectivity index is 2.40. The molecule has 0 aliphatic carbocycles. The van der Waals surface area contributed by atoms with Gasteiger partial charge in [-0.1, -0.05) is 0 Å². The van der Waals surface area contributed by atoms with Crippen LogP contribution in [0, 0.1) is 0 Å². The van der Waals surface area contributed by atoms with Gasteiger partial charge in [-0.05, 0) is 13.3 Å². The van der Waals surface area contributed by atoms with E-state index >= 15 is 0 Å². The minimum absolute atomic E-state index is 0.0577. The number of hydrogen-bond donors (Lipinski definition) is 0. The van der Waals surface area contributed by atoms with E-state index < -0.39 is 0 Å². The van der Waals surface area contributed by atoms with E-state index in [1.54, 1.807) is 6.92 Å². The lowest BCUT2D eigenvalue weighted by Gasteiger charge is -2.05. The van der Waals surface area contributed by atoms with Crippen molar-refractivity contribution in [1.29, 1.82) is 0 Å². The van der Waals surface area contributed by atoms with Gasteiger partial charge in [0, 0.05) is 6.42 Å². The van der Waals surface area contributed by atoms with Gasteiger partial charge in [-0.25, -0.2) is 4.79 Å². The summed E-state index contributed by atoms with van der Waals surface area (Å²) in [5, 5.41) is 0. The summed E-state index contributed by atoms with van der Waals surface area (Å²) < 4.78 is 10.1. The molecule has 0 bridgehead atoms. The molecular weight excluding hydrogens is 192 g/mol. The first kappa shape index (κ1) is 10.4. The first-order chi connectivity index (χ1) is 6.26. The van der Waals surface area contributed by atoms with Crippen LogP contribution in [0.4, 0.5) is 0 Å². The molecule has 1 aliphatic rings. The molecule has 0 unspecified atom stereocenters. The molecule has 0 spiro atoms. The Morgan fingerprint density at radius 3 is 3.15 bits per heavy atom. The highest BCUT2D eigenvalue weighted by Gasteiger charge is 2.20. The molecule has 1 saturated heterocycles. The first-order valence-corrected chi connectivity index (χ1v) is 4.89. The highest BCUT2D eigenvalue weighted by Crippen LogP contribution is 2.23. The number of alkyl halides is 1. The van der Waals surface area contributed by atoms with Crippen molar-refractivity contribution in [2.45, 2.75) is 25.9 Å². The van der Waals surface area contributed by atoms with Crippen molar-refractivity contribution in [2.75, 3.05) is 12.5 Å². The standard InChI is InChI=1S/C9H13ClO3/c1-2-12-9(11)5-7-3-4-8(6-10)13-7/h5,8H,2-4,6H2,1H3/b7-5-/t8-/m1/s1. The number of esters is 1. The van der Waals surface area contributed by atoms with E-state index in [1.165, 1.54) is 6.08 Å². The second-order valence-electron chi connectivity index (χ2n) is 2.80. The molecule has 1 aliphatic heterocycles. The van der Waals surface area contributed by atoms with Gasteiger partial charge in [-0.15, -0.1) is 11.6 Å². The third-order valence-electron chi connectivity index (χ3n) is 1.77. The lowest BCUT2D eigenvalue weighted by atomic mass is 10.2. The van der Waals surface area contributed by atoms with E-state index in [2.05, 4.69) is 0 Å². The minimum Gasteiger partial charge on any atom is -0.493 e. The maximum atomic E-state index is 11.0. The Kier molecular flexibility index (Phi) is 4.09. The molecule has 1 rings (SSSR count). The van der Waals surface area contributed by atoms with Gasteiger partial charge in [-0.2, -0.15) is 0 Å². The number of hydrogen-bond acceptors (Lipinski definition) is 3. The van der Waals surface area contributed by atoms with E-state index in [4.69, 9.17) is 21.1 Å². The Morgan fingerprint density at radius 1 is 1.85 bits per heavy atom. The Hall–Kier alpha value is -0.700. The molecule has 4 heteroatoms. The zero-order valence-corrected chi connectivity index (χ0v) is 8.34. The van der Waals surface area contributed by atoms with E-state index in [9.17, 15) is 4.79 Å². The second-order valence-corrected chi connectivity index (χ2v) is 3.10. The van der Waals surface area contributed by atoms with Gasteiger partial charge < -0.3 is 9.47 Å². The SMILES string of the molecule is CCOC(=O)/C=C1/CC[C@H](CCl)O1. The molecule has 0 aromatic rings. The van der Waals surface area contributed by atoms with Gasteiger partial charge in [0.25, 0.3) is 0 Å². The maximum Gasteiger partial charge on any atom is 0.334 e. The fourth-order valence-electron chi connectivity index (χ4n) is 1.17. The molecule has 74 valence electrons. The van der Waals surface area contributed by atoms with Crippen molar-refractivity contribution in [2.24, 2.45) is 0 Å². The molecule has 0 aromatic carbocycles. The van der Waals surface area contributed by atoms with Crippen LogP contribution >= 0.6 is 11.6 Å². The molecule has 0 saturated carbocycles. The first-order valence-electron chi connectivity index (χ1n) is 4.36. The van der Waals surface area contributed by atoms with Crippen LogP contribution in [-0.4, -0.2) is 24.6 Å². The smallest absolute Gasteiger partial charge is 0.334 e. The average molecular weight is 205 g/mol. The van der Waals surface area contributed by atoms with Crippen LogP contribution in [0.5, 0.6) is 0 Å². The number of carbonyl (C=O) groups is 1. The van der Waals surface area contributed by atoms with Crippen LogP contribution < -0.4 is 0 Å². The minimum atomic E-state index is -0.340. The van der Waals surface area contributed by atoms with Gasteiger partial charge in [0.15, 0.2) is 0 Å². The van der Waals surface area contributed by atoms with Crippen LogP contribution in [0.2, 0.25) is 0 Å². The zero-order chi connectivity index (χ0) is 9.68. The number of rotatable bonds is 3. The fourth-order valence-corrected chi connectivity index (χ4v) is 1.38. The molecule has 1 heterocycles. The second kappa shape index (κ2) is 5.12. The molecule has 0 amide bonds. The highest BCUT2D eigenvalue weighted by atomic mass is 35.5. The number of allylic oxidation sites excluding steroid dienone is 1. The summed E-state index contributed by atoms with van der Waals surface area (Å²) in [6.45, 7) is 2.16. The maximum absolute atomic E-state index is 11.0. The molecular formula is C9H13ClO3. The van der Waals surface area contributed by atoms with Gasteiger partial charge >= 0.3 is 5.97 Å². The summed E-state index contributed by atoms with van der Waals surface area (Å²) in [7, 11) is 0. The number of carbonyl (C=O) groups excluding carboxylic acids is 1. The Labute approximate surface area is 82.7 Å². The summed E-state index contributed by atoms with van der Waals surface area (Å²) in [5.74, 6) is 0.817. The van der Waals surface area contributed by atoms with Crippen molar-refractivity contribution < 1.29 is 14.3 Å². The predicted molar refractivity (Wildman–Crippen MR) is 49.5 cm³/mol. The van der Waals surface area contributed by atoms with Crippen LogP contribution in [-0.2, 0) is 14.3 Å². The monoisotopic (exact) mass is 204 g/mol. The molecule has 13 heavy (non-hydrogen) atoms. The summed E-state index contributed by atoms with van der Waals surface area (Å²) in [6, 6.07) is 0. The topological polar surface area (TPSA) is 35.5 Å². The van der Waals surface area contributed by atoms with E-state index in [1.807, 2.05) is 0 Å². The van der Waals surface area contributed by atoms with Gasteiger partial charge in [0.05, 0.1) is 18.6 Å². The van der Waals surface area contributed by atoms with Crippen molar-refractivity contribution in [1.82, 2.24) is 0 Å². The highest BCUT2D eigenvalue weighted by molar-refractivity contribution is 6.18. The molecule has 0 radical (unpaired) electrons. The van der Waals surface area contributed by atoms with Gasteiger partial charge in [-0.3, -0.25) is 0 Å². The lowest BCUT2D eigenvalue weighted by molar-refractivity contribution is -0.137. The third-order valence-corrected chi connectivity index (χ3v) is 2.11. The molecule has 1 fully saturated rings. The molecule has 0 N–H and O–H groups in total. The lowest BCUT2D eigenvalue weighted by Crippen LogP contribution is -2.06. The normalized spacial score (nSPS) is 24.5. The quantitative estimate of drug-likeness (QED) is 0.400. The summed E-state index contributed by atoms with van der Waals surface area (Å²) >= 11 is 5.60. The summed E-state index contributed by atoms with van der Waals surface area (Å²) in [4.78, 5) is 11.0. The molecule has 0 aromatic heterocycles. The summed E-state index contributed by atoms with van der Waals surface area (Å²) in [6.07, 6.45) is 3.11. The van der Waals surface area contributed by atoms with Gasteiger partial charge in [0.2, 0.25) is 0 Å². The predicted octanol–water partition coefficient (Wildman–Crippen LogP) is 1.85. The van der Waals surface area contributed by atoms with E-state index in [0.29, 0.717) is 18.2 Å².